The van der Waals surface area contributed by atoms with Crippen molar-refractivity contribution in [2.24, 2.45) is 0 Å². The largest absolute Gasteiger partial charge is 0.467 e. The molecule has 0 aliphatic carbocycles. The van der Waals surface area contributed by atoms with Crippen molar-refractivity contribution in [2.75, 3.05) is 19.9 Å². The Bertz CT molecular complexity index is 558. The number of rotatable bonds is 6. The van der Waals surface area contributed by atoms with Gasteiger partial charge in [0.25, 0.3) is 0 Å². The van der Waals surface area contributed by atoms with Crippen LogP contribution in [0.3, 0.4) is 0 Å². The normalized spacial score (nSPS) is 20.0. The van der Waals surface area contributed by atoms with Crippen LogP contribution in [0.2, 0.25) is 0 Å². The molecule has 0 spiro atoms. The molecule has 0 saturated carbocycles. The van der Waals surface area contributed by atoms with E-state index < -0.39 is 0 Å². The van der Waals surface area contributed by atoms with Crippen molar-refractivity contribution in [2.45, 2.75) is 44.8 Å². The Morgan fingerprint density at radius 3 is 3.13 bits per heavy atom. The third-order valence-corrected chi connectivity index (χ3v) is 4.19. The number of halogens is 1. The highest BCUT2D eigenvalue weighted by atomic mass is 19.1. The first-order valence-corrected chi connectivity index (χ1v) is 8.12. The molecule has 0 bridgehead atoms. The van der Waals surface area contributed by atoms with Crippen LogP contribution in [0.15, 0.2) is 12.1 Å². The molecule has 2 aliphatic heterocycles. The number of benzene rings is 1. The molecule has 1 amide bonds. The van der Waals surface area contributed by atoms with Crippen LogP contribution < -0.4 is 10.1 Å². The van der Waals surface area contributed by atoms with E-state index in [0.29, 0.717) is 31.7 Å². The molecule has 23 heavy (non-hydrogen) atoms. The van der Waals surface area contributed by atoms with E-state index in [9.17, 15) is 9.18 Å². The molecule has 0 unspecified atom stereocenters. The predicted molar refractivity (Wildman–Crippen MR) is 81.6 cm³/mol. The second-order valence-corrected chi connectivity index (χ2v) is 5.94. The summed E-state index contributed by atoms with van der Waals surface area (Å²) in [5, 5.41) is 2.88. The molecule has 1 N–H and O–H groups in total. The molecule has 5 nitrogen and oxygen atoms in total. The van der Waals surface area contributed by atoms with Crippen LogP contribution in [-0.2, 0) is 27.3 Å². The van der Waals surface area contributed by atoms with Crippen molar-refractivity contribution in [1.82, 2.24) is 5.32 Å². The Morgan fingerprint density at radius 1 is 1.39 bits per heavy atom. The highest BCUT2D eigenvalue weighted by molar-refractivity contribution is 5.75. The standard InChI is InChI=1S/C17H22FNO4/c18-14-8-12(17-13(9-14)10-21-11-23-17)5-6-19-16(20)4-3-15-2-1-7-22-15/h8-9,15H,1-7,10-11H2,(H,19,20)/t15-/m1/s1. The summed E-state index contributed by atoms with van der Waals surface area (Å²) in [7, 11) is 0. The first-order chi connectivity index (χ1) is 11.2. The van der Waals surface area contributed by atoms with Gasteiger partial charge in [-0.15, -0.1) is 0 Å². The minimum Gasteiger partial charge on any atom is -0.467 e. The van der Waals surface area contributed by atoms with Crippen LogP contribution in [0, 0.1) is 5.82 Å². The van der Waals surface area contributed by atoms with E-state index >= 15 is 0 Å². The van der Waals surface area contributed by atoms with Crippen LogP contribution in [0.25, 0.3) is 0 Å². The summed E-state index contributed by atoms with van der Waals surface area (Å²) in [4.78, 5) is 11.9. The third-order valence-electron chi connectivity index (χ3n) is 4.19. The number of ether oxygens (including phenoxy) is 3. The summed E-state index contributed by atoms with van der Waals surface area (Å²) in [6.07, 6.45) is 4.12. The van der Waals surface area contributed by atoms with Crippen molar-refractivity contribution in [1.29, 1.82) is 0 Å². The van der Waals surface area contributed by atoms with Gasteiger partial charge in [-0.05, 0) is 43.4 Å². The Kier molecular flexibility index (Phi) is 5.46. The topological polar surface area (TPSA) is 56.8 Å². The third kappa shape index (κ3) is 4.42. The molecule has 1 atom stereocenters. The summed E-state index contributed by atoms with van der Waals surface area (Å²) in [6.45, 7) is 1.80. The average molecular weight is 323 g/mol. The molecule has 1 fully saturated rings. The number of hydrogen-bond donors (Lipinski definition) is 1. The second-order valence-electron chi connectivity index (χ2n) is 5.94. The van der Waals surface area contributed by atoms with Crippen molar-refractivity contribution < 1.29 is 23.4 Å². The highest BCUT2D eigenvalue weighted by Crippen LogP contribution is 2.29. The number of nitrogens with one attached hydrogen (secondary N) is 1. The number of carbonyl (C=O) groups is 1. The predicted octanol–water partition coefficient (Wildman–Crippen LogP) is 2.31. The lowest BCUT2D eigenvalue weighted by Crippen LogP contribution is -2.27. The fourth-order valence-corrected chi connectivity index (χ4v) is 3.03. The summed E-state index contributed by atoms with van der Waals surface area (Å²) in [5.74, 6) is 0.388. The van der Waals surface area contributed by atoms with Gasteiger partial charge in [0, 0.05) is 25.1 Å². The van der Waals surface area contributed by atoms with Gasteiger partial charge in [-0.1, -0.05) is 0 Å². The van der Waals surface area contributed by atoms with Gasteiger partial charge in [0.2, 0.25) is 5.91 Å². The van der Waals surface area contributed by atoms with Gasteiger partial charge in [0.15, 0.2) is 6.79 Å². The smallest absolute Gasteiger partial charge is 0.220 e. The first kappa shape index (κ1) is 16.2. The highest BCUT2D eigenvalue weighted by Gasteiger charge is 2.18. The van der Waals surface area contributed by atoms with Gasteiger partial charge in [0.1, 0.15) is 11.6 Å². The number of carbonyl (C=O) groups excluding carboxylic acids is 1. The van der Waals surface area contributed by atoms with Gasteiger partial charge in [-0.3, -0.25) is 4.79 Å². The Hall–Kier alpha value is -1.66. The maximum Gasteiger partial charge on any atom is 0.220 e. The molecule has 126 valence electrons. The molecule has 0 aromatic heterocycles. The summed E-state index contributed by atoms with van der Waals surface area (Å²) in [6, 6.07) is 2.89. The molecular formula is C17H22FNO4. The van der Waals surface area contributed by atoms with Crippen LogP contribution in [0.5, 0.6) is 5.75 Å². The summed E-state index contributed by atoms with van der Waals surface area (Å²) >= 11 is 0. The van der Waals surface area contributed by atoms with Crippen molar-refractivity contribution >= 4 is 5.91 Å². The maximum absolute atomic E-state index is 13.6. The SMILES string of the molecule is O=C(CC[C@H]1CCCO1)NCCc1cc(F)cc2c1OCOC2. The number of amides is 1. The van der Waals surface area contributed by atoms with E-state index in [0.717, 1.165) is 37.0 Å². The Labute approximate surface area is 135 Å². The number of fused-ring (bicyclic) bond motifs is 1. The Balaban J connectivity index is 1.46. The van der Waals surface area contributed by atoms with Crippen LogP contribution in [0.4, 0.5) is 4.39 Å². The molecule has 1 aromatic rings. The molecule has 2 heterocycles. The lowest BCUT2D eigenvalue weighted by molar-refractivity contribution is -0.121. The van der Waals surface area contributed by atoms with E-state index in [1.165, 1.54) is 12.1 Å². The lowest BCUT2D eigenvalue weighted by atomic mass is 10.1. The summed E-state index contributed by atoms with van der Waals surface area (Å²) < 4.78 is 29.7. The second kappa shape index (κ2) is 7.75. The maximum atomic E-state index is 13.6. The molecule has 3 rings (SSSR count). The van der Waals surface area contributed by atoms with E-state index in [2.05, 4.69) is 5.32 Å². The fourth-order valence-electron chi connectivity index (χ4n) is 3.03. The molecule has 0 radical (unpaired) electrons. The van der Waals surface area contributed by atoms with Crippen LogP contribution in [-0.4, -0.2) is 32.0 Å². The van der Waals surface area contributed by atoms with E-state index in [-0.39, 0.29) is 24.6 Å². The van der Waals surface area contributed by atoms with Crippen LogP contribution in [0.1, 0.15) is 36.8 Å². The number of hydrogen-bond acceptors (Lipinski definition) is 4. The molecule has 1 saturated heterocycles. The minimum absolute atomic E-state index is 0.00928. The van der Waals surface area contributed by atoms with Gasteiger partial charge >= 0.3 is 0 Å². The Morgan fingerprint density at radius 2 is 2.30 bits per heavy atom. The van der Waals surface area contributed by atoms with Crippen molar-refractivity contribution in [3.05, 3.63) is 29.1 Å². The molecule has 1 aromatic carbocycles. The zero-order valence-electron chi connectivity index (χ0n) is 13.1. The van der Waals surface area contributed by atoms with E-state index in [4.69, 9.17) is 14.2 Å². The van der Waals surface area contributed by atoms with Gasteiger partial charge in [-0.25, -0.2) is 4.39 Å². The van der Waals surface area contributed by atoms with Gasteiger partial charge in [0.05, 0.1) is 12.7 Å². The summed E-state index contributed by atoms with van der Waals surface area (Å²) in [5.41, 5.74) is 1.48. The van der Waals surface area contributed by atoms with E-state index in [1.807, 2.05) is 0 Å². The van der Waals surface area contributed by atoms with Gasteiger partial charge in [-0.2, -0.15) is 0 Å². The van der Waals surface area contributed by atoms with Crippen molar-refractivity contribution in [3.8, 4) is 5.75 Å². The van der Waals surface area contributed by atoms with E-state index in [1.54, 1.807) is 0 Å². The minimum atomic E-state index is -0.308. The molecule has 6 heteroatoms. The monoisotopic (exact) mass is 323 g/mol. The van der Waals surface area contributed by atoms with Crippen LogP contribution >= 0.6 is 0 Å². The van der Waals surface area contributed by atoms with Gasteiger partial charge < -0.3 is 19.5 Å². The zero-order valence-corrected chi connectivity index (χ0v) is 13.1. The quantitative estimate of drug-likeness (QED) is 0.873. The molecular weight excluding hydrogens is 301 g/mol. The lowest BCUT2D eigenvalue weighted by Gasteiger charge is -2.21. The fraction of sp³-hybridized carbons (Fsp3) is 0.588. The zero-order chi connectivity index (χ0) is 16.1. The van der Waals surface area contributed by atoms with Crippen molar-refractivity contribution in [3.63, 3.8) is 0 Å². The first-order valence-electron chi connectivity index (χ1n) is 8.12. The molecule has 2 aliphatic rings. The average Bonchev–Trinajstić information content (AvgIpc) is 3.06.